The molecule has 0 amide bonds. The fraction of sp³-hybridized carbons (Fsp3) is 0.800. The Balaban J connectivity index is 1.67. The van der Waals surface area contributed by atoms with E-state index in [-0.39, 0.29) is 39.3 Å². The third-order valence-corrected chi connectivity index (χ3v) is 12.4. The maximum Gasteiger partial charge on any atom is 0.310 e. The van der Waals surface area contributed by atoms with Crippen LogP contribution < -0.4 is 0 Å². The Morgan fingerprint density at radius 3 is 2.29 bits per heavy atom. The Kier molecular flexibility index (Phi) is 4.90. The number of aliphatic hydroxyl groups excluding tert-OH is 1. The molecule has 5 aliphatic rings. The Bertz CT molecular complexity index is 1000. The van der Waals surface area contributed by atoms with Gasteiger partial charge in [-0.2, -0.15) is 0 Å². The number of aliphatic carboxylic acids is 1. The van der Waals surface area contributed by atoms with Crippen molar-refractivity contribution in [2.24, 2.45) is 50.2 Å². The van der Waals surface area contributed by atoms with Gasteiger partial charge >= 0.3 is 5.97 Å². The first kappa shape index (κ1) is 24.3. The summed E-state index contributed by atoms with van der Waals surface area (Å²) in [5, 5.41) is 22.4. The maximum atomic E-state index is 12.8. The monoisotopic (exact) mass is 468 g/mol. The van der Waals surface area contributed by atoms with E-state index in [0.29, 0.717) is 18.8 Å². The largest absolute Gasteiger partial charge is 0.481 e. The van der Waals surface area contributed by atoms with Crippen LogP contribution in [0.3, 0.4) is 0 Å². The molecule has 34 heavy (non-hydrogen) atoms. The Morgan fingerprint density at radius 1 is 0.971 bits per heavy atom. The second-order valence-corrected chi connectivity index (χ2v) is 14.5. The lowest BCUT2D eigenvalue weighted by atomic mass is 9.33. The van der Waals surface area contributed by atoms with Gasteiger partial charge in [0.2, 0.25) is 0 Å². The van der Waals surface area contributed by atoms with Crippen molar-refractivity contribution in [2.75, 3.05) is 0 Å². The van der Waals surface area contributed by atoms with E-state index in [4.69, 9.17) is 0 Å². The van der Waals surface area contributed by atoms with E-state index in [1.54, 1.807) is 0 Å². The Labute approximate surface area is 205 Å². The maximum absolute atomic E-state index is 12.8. The molecule has 8 atom stereocenters. The molecule has 0 aromatic rings. The lowest BCUT2D eigenvalue weighted by Crippen LogP contribution is -2.67. The summed E-state index contributed by atoms with van der Waals surface area (Å²) in [6.45, 7) is 15.7. The van der Waals surface area contributed by atoms with Crippen LogP contribution in [0.1, 0.15) is 93.4 Å². The average molecular weight is 469 g/mol. The summed E-state index contributed by atoms with van der Waals surface area (Å²) < 4.78 is 0. The van der Waals surface area contributed by atoms with Crippen LogP contribution in [0.5, 0.6) is 0 Å². The smallest absolute Gasteiger partial charge is 0.310 e. The van der Waals surface area contributed by atoms with Gasteiger partial charge in [0.15, 0.2) is 5.78 Å². The van der Waals surface area contributed by atoms with E-state index >= 15 is 0 Å². The highest BCUT2D eigenvalue weighted by Crippen LogP contribution is 2.74. The first-order chi connectivity index (χ1) is 15.6. The van der Waals surface area contributed by atoms with Crippen LogP contribution in [0, 0.1) is 50.2 Å². The second-order valence-electron chi connectivity index (χ2n) is 14.5. The zero-order chi connectivity index (χ0) is 25.1. The molecule has 0 bridgehead atoms. The van der Waals surface area contributed by atoms with Crippen LogP contribution in [-0.2, 0) is 9.59 Å². The van der Waals surface area contributed by atoms with Crippen LogP contribution >= 0.6 is 0 Å². The quantitative estimate of drug-likeness (QED) is 0.450. The fourth-order valence-electron chi connectivity index (χ4n) is 10.0. The molecule has 3 saturated carbocycles. The van der Waals surface area contributed by atoms with E-state index < -0.39 is 22.9 Å². The molecule has 0 spiro atoms. The van der Waals surface area contributed by atoms with Crippen LogP contribution in [0.2, 0.25) is 0 Å². The van der Waals surface area contributed by atoms with Crippen molar-refractivity contribution >= 4 is 11.8 Å². The van der Waals surface area contributed by atoms with E-state index in [2.05, 4.69) is 60.6 Å². The molecular formula is C30H44O4. The van der Waals surface area contributed by atoms with Gasteiger partial charge in [0.1, 0.15) is 0 Å². The van der Waals surface area contributed by atoms with Gasteiger partial charge in [0.05, 0.1) is 11.5 Å². The van der Waals surface area contributed by atoms with E-state index in [0.717, 1.165) is 32.1 Å². The molecule has 0 radical (unpaired) electrons. The molecule has 0 aromatic carbocycles. The van der Waals surface area contributed by atoms with Crippen molar-refractivity contribution in [1.82, 2.24) is 0 Å². The molecule has 5 rings (SSSR count). The van der Waals surface area contributed by atoms with Crippen LogP contribution in [0.4, 0.5) is 0 Å². The normalized spacial score (nSPS) is 50.8. The van der Waals surface area contributed by atoms with E-state index in [9.17, 15) is 19.8 Å². The molecule has 0 aliphatic heterocycles. The lowest BCUT2D eigenvalue weighted by molar-refractivity contribution is -0.200. The van der Waals surface area contributed by atoms with Gasteiger partial charge in [0.25, 0.3) is 0 Å². The minimum atomic E-state index is -0.857. The number of ketones is 1. The van der Waals surface area contributed by atoms with E-state index in [1.165, 1.54) is 5.57 Å². The molecule has 8 unspecified atom stereocenters. The number of aliphatic hydroxyl groups is 1. The van der Waals surface area contributed by atoms with Crippen molar-refractivity contribution in [1.29, 1.82) is 0 Å². The lowest BCUT2D eigenvalue weighted by Gasteiger charge is -2.70. The number of carbonyl (C=O) groups excluding carboxylic acids is 1. The topological polar surface area (TPSA) is 74.6 Å². The first-order valence-electron chi connectivity index (χ1n) is 13.4. The number of allylic oxidation sites excluding steroid dienone is 3. The zero-order valence-electron chi connectivity index (χ0n) is 22.2. The van der Waals surface area contributed by atoms with Crippen molar-refractivity contribution < 1.29 is 19.8 Å². The summed E-state index contributed by atoms with van der Waals surface area (Å²) >= 11 is 0. The summed E-state index contributed by atoms with van der Waals surface area (Å²) in [7, 11) is 0. The van der Waals surface area contributed by atoms with Gasteiger partial charge in [-0.15, -0.1) is 0 Å². The molecule has 4 nitrogen and oxygen atoms in total. The van der Waals surface area contributed by atoms with Gasteiger partial charge < -0.3 is 10.2 Å². The third-order valence-electron chi connectivity index (χ3n) is 12.4. The predicted octanol–water partition coefficient (Wildman–Crippen LogP) is 6.19. The molecule has 188 valence electrons. The number of carboxylic acid groups (broad SMARTS) is 1. The van der Waals surface area contributed by atoms with Gasteiger partial charge in [0, 0.05) is 10.8 Å². The van der Waals surface area contributed by atoms with Crippen LogP contribution in [0.15, 0.2) is 23.8 Å². The van der Waals surface area contributed by atoms with Crippen LogP contribution in [-0.4, -0.2) is 28.1 Å². The minimum absolute atomic E-state index is 0.0228. The highest BCUT2D eigenvalue weighted by Gasteiger charge is 2.71. The highest BCUT2D eigenvalue weighted by atomic mass is 16.4. The fourth-order valence-corrected chi connectivity index (χ4v) is 10.0. The minimum Gasteiger partial charge on any atom is -0.481 e. The summed E-state index contributed by atoms with van der Waals surface area (Å²) in [6.07, 6.45) is 11.2. The predicted molar refractivity (Wildman–Crippen MR) is 133 cm³/mol. The summed E-state index contributed by atoms with van der Waals surface area (Å²) in [4.78, 5) is 25.6. The van der Waals surface area contributed by atoms with Crippen LogP contribution in [0.25, 0.3) is 0 Å². The molecular weight excluding hydrogens is 424 g/mol. The summed E-state index contributed by atoms with van der Waals surface area (Å²) in [5.74, 6) is 0.0605. The number of carbonyl (C=O) groups is 2. The molecule has 4 heteroatoms. The standard InChI is InChI=1S/C30H44O4/c1-25(2)14-15-30(24(33)34)17-23(32)29(7)18(19(30)16-25)8-9-21-27(5)12-11-22(31)26(3,4)20(27)10-13-28(21,29)6/h8,11-12,19-21,23,32H,9-10,13-17H2,1-7H3,(H,33,34). The van der Waals surface area contributed by atoms with Gasteiger partial charge in [-0.1, -0.05) is 66.2 Å². The number of carboxylic acids is 1. The van der Waals surface area contributed by atoms with Gasteiger partial charge in [-0.3, -0.25) is 9.59 Å². The molecule has 0 aromatic heterocycles. The summed E-state index contributed by atoms with van der Waals surface area (Å²) in [5.41, 5.74) is -0.656. The number of hydrogen-bond donors (Lipinski definition) is 2. The van der Waals surface area contributed by atoms with Gasteiger partial charge in [-0.05, 0) is 85.0 Å². The number of fused-ring (bicyclic) bond motifs is 7. The Morgan fingerprint density at radius 2 is 1.65 bits per heavy atom. The van der Waals surface area contributed by atoms with Crippen molar-refractivity contribution in [3.8, 4) is 0 Å². The first-order valence-corrected chi connectivity index (χ1v) is 13.4. The zero-order valence-corrected chi connectivity index (χ0v) is 22.2. The highest BCUT2D eigenvalue weighted by molar-refractivity contribution is 5.95. The SMILES string of the molecule is CC1(C)CCC2(C(=O)O)CC(O)C3(C)C(=CCC4C5(C)C=CC(=O)C(C)(C)C5CCC43C)C2C1. The number of hydrogen-bond acceptors (Lipinski definition) is 3. The third kappa shape index (κ3) is 2.70. The molecule has 3 fully saturated rings. The number of rotatable bonds is 1. The van der Waals surface area contributed by atoms with Gasteiger partial charge in [-0.25, -0.2) is 0 Å². The van der Waals surface area contributed by atoms with Crippen molar-refractivity contribution in [3.63, 3.8) is 0 Å². The molecule has 0 saturated heterocycles. The van der Waals surface area contributed by atoms with Crippen molar-refractivity contribution in [3.05, 3.63) is 23.8 Å². The molecule has 0 heterocycles. The van der Waals surface area contributed by atoms with Crippen molar-refractivity contribution in [2.45, 2.75) is 99.5 Å². The summed E-state index contributed by atoms with van der Waals surface area (Å²) in [6, 6.07) is 0. The second kappa shape index (κ2) is 6.87. The average Bonchev–Trinajstić information content (AvgIpc) is 2.72. The molecule has 2 N–H and O–H groups in total. The molecule has 5 aliphatic carbocycles. The Hall–Kier alpha value is -1.42. The van der Waals surface area contributed by atoms with E-state index in [1.807, 2.05) is 6.08 Å².